The lowest BCUT2D eigenvalue weighted by Gasteiger charge is -2.31. The first-order chi connectivity index (χ1) is 11.7. The lowest BCUT2D eigenvalue weighted by Crippen LogP contribution is -2.33. The molecular formula is C19H24N4O. The van der Waals surface area contributed by atoms with Crippen LogP contribution in [0.2, 0.25) is 0 Å². The standard InChI is InChI=1S/C19H24N4O/c1-3-15-6-4-5-7-16(15)22-19(24)17-12-18(21-13-20-17)23-10-8-14(2)9-11-23/h4-7,12-14H,3,8-11H2,1-2H3,(H,22,24). The van der Waals surface area contributed by atoms with Gasteiger partial charge in [-0.3, -0.25) is 4.79 Å². The Hall–Kier alpha value is -2.43. The first-order valence-electron chi connectivity index (χ1n) is 8.63. The van der Waals surface area contributed by atoms with Crippen molar-refractivity contribution in [2.45, 2.75) is 33.1 Å². The molecule has 2 aromatic rings. The van der Waals surface area contributed by atoms with Crippen LogP contribution in [0.1, 0.15) is 42.7 Å². The zero-order valence-corrected chi connectivity index (χ0v) is 14.3. The second-order valence-corrected chi connectivity index (χ2v) is 6.40. The average molecular weight is 324 g/mol. The zero-order chi connectivity index (χ0) is 16.9. The van der Waals surface area contributed by atoms with Gasteiger partial charge in [-0.25, -0.2) is 9.97 Å². The fourth-order valence-electron chi connectivity index (χ4n) is 3.02. The molecule has 0 spiro atoms. The molecule has 0 atom stereocenters. The highest BCUT2D eigenvalue weighted by Crippen LogP contribution is 2.22. The van der Waals surface area contributed by atoms with E-state index in [1.165, 1.54) is 6.33 Å². The number of hydrogen-bond acceptors (Lipinski definition) is 4. The first kappa shape index (κ1) is 16.4. The number of aryl methyl sites for hydroxylation is 1. The summed E-state index contributed by atoms with van der Waals surface area (Å²) in [5, 5.41) is 2.97. The number of hydrogen-bond donors (Lipinski definition) is 1. The monoisotopic (exact) mass is 324 g/mol. The van der Waals surface area contributed by atoms with E-state index in [1.54, 1.807) is 6.07 Å². The van der Waals surface area contributed by atoms with E-state index in [9.17, 15) is 4.79 Å². The van der Waals surface area contributed by atoms with E-state index in [0.29, 0.717) is 5.69 Å². The van der Waals surface area contributed by atoms with Crippen LogP contribution in [-0.2, 0) is 6.42 Å². The number of para-hydroxylation sites is 1. The Balaban J connectivity index is 1.75. The fourth-order valence-corrected chi connectivity index (χ4v) is 3.02. The minimum Gasteiger partial charge on any atom is -0.356 e. The van der Waals surface area contributed by atoms with E-state index >= 15 is 0 Å². The van der Waals surface area contributed by atoms with Gasteiger partial charge in [0.05, 0.1) is 0 Å². The first-order valence-corrected chi connectivity index (χ1v) is 8.63. The molecule has 0 aliphatic carbocycles. The predicted molar refractivity (Wildman–Crippen MR) is 96.4 cm³/mol. The van der Waals surface area contributed by atoms with Crippen LogP contribution in [0.25, 0.3) is 0 Å². The van der Waals surface area contributed by atoms with Gasteiger partial charge in [0.25, 0.3) is 5.91 Å². The van der Waals surface area contributed by atoms with Gasteiger partial charge < -0.3 is 10.2 Å². The van der Waals surface area contributed by atoms with Crippen LogP contribution in [0, 0.1) is 5.92 Å². The number of piperidine rings is 1. The summed E-state index contributed by atoms with van der Waals surface area (Å²) in [5.41, 5.74) is 2.37. The summed E-state index contributed by atoms with van der Waals surface area (Å²) in [5.74, 6) is 1.41. The highest BCUT2D eigenvalue weighted by molar-refractivity contribution is 6.03. The van der Waals surface area contributed by atoms with Gasteiger partial charge in [0.15, 0.2) is 0 Å². The number of amides is 1. The molecule has 1 saturated heterocycles. The van der Waals surface area contributed by atoms with Crippen LogP contribution in [0.5, 0.6) is 0 Å². The third kappa shape index (κ3) is 3.72. The number of carbonyl (C=O) groups excluding carboxylic acids is 1. The second-order valence-electron chi connectivity index (χ2n) is 6.40. The SMILES string of the molecule is CCc1ccccc1NC(=O)c1cc(N2CCC(C)CC2)ncn1. The van der Waals surface area contributed by atoms with Crippen molar-refractivity contribution in [3.05, 3.63) is 47.9 Å². The van der Waals surface area contributed by atoms with Gasteiger partial charge >= 0.3 is 0 Å². The van der Waals surface area contributed by atoms with Crippen LogP contribution in [-0.4, -0.2) is 29.0 Å². The Morgan fingerprint density at radius 1 is 1.25 bits per heavy atom. The van der Waals surface area contributed by atoms with Crippen molar-refractivity contribution in [3.63, 3.8) is 0 Å². The number of nitrogens with zero attached hydrogens (tertiary/aromatic N) is 3. The molecule has 5 heteroatoms. The van der Waals surface area contributed by atoms with Crippen molar-refractivity contribution in [2.75, 3.05) is 23.3 Å². The van der Waals surface area contributed by atoms with Crippen molar-refractivity contribution in [3.8, 4) is 0 Å². The summed E-state index contributed by atoms with van der Waals surface area (Å²) in [6, 6.07) is 9.64. The number of aromatic nitrogens is 2. The quantitative estimate of drug-likeness (QED) is 0.935. The maximum atomic E-state index is 12.5. The third-order valence-corrected chi connectivity index (χ3v) is 4.64. The van der Waals surface area contributed by atoms with Crippen molar-refractivity contribution in [1.29, 1.82) is 0 Å². The lowest BCUT2D eigenvalue weighted by molar-refractivity contribution is 0.102. The number of benzene rings is 1. The van der Waals surface area contributed by atoms with Crippen LogP contribution >= 0.6 is 0 Å². The van der Waals surface area contributed by atoms with Gasteiger partial charge in [-0.05, 0) is 36.8 Å². The van der Waals surface area contributed by atoms with Crippen LogP contribution in [0.15, 0.2) is 36.7 Å². The normalized spacial score (nSPS) is 15.3. The minimum absolute atomic E-state index is 0.190. The molecule has 0 saturated carbocycles. The maximum absolute atomic E-state index is 12.5. The van der Waals surface area contributed by atoms with E-state index in [0.717, 1.165) is 55.3 Å². The summed E-state index contributed by atoms with van der Waals surface area (Å²) in [6.45, 7) is 6.32. The second kappa shape index (κ2) is 7.43. The summed E-state index contributed by atoms with van der Waals surface area (Å²) < 4.78 is 0. The van der Waals surface area contributed by atoms with Crippen LogP contribution < -0.4 is 10.2 Å². The van der Waals surface area contributed by atoms with E-state index in [-0.39, 0.29) is 5.91 Å². The number of nitrogens with one attached hydrogen (secondary N) is 1. The van der Waals surface area contributed by atoms with Gasteiger partial charge in [-0.1, -0.05) is 32.0 Å². The zero-order valence-electron chi connectivity index (χ0n) is 14.3. The molecule has 1 aliphatic heterocycles. The smallest absolute Gasteiger partial charge is 0.274 e. The van der Waals surface area contributed by atoms with Crippen molar-refractivity contribution < 1.29 is 4.79 Å². The molecule has 1 N–H and O–H groups in total. The van der Waals surface area contributed by atoms with Crippen molar-refractivity contribution >= 4 is 17.4 Å². The Bertz CT molecular complexity index is 708. The Morgan fingerprint density at radius 3 is 2.75 bits per heavy atom. The molecule has 0 radical (unpaired) electrons. The van der Waals surface area contributed by atoms with Gasteiger partial charge in [-0.2, -0.15) is 0 Å². The highest BCUT2D eigenvalue weighted by atomic mass is 16.1. The van der Waals surface area contributed by atoms with Crippen LogP contribution in [0.4, 0.5) is 11.5 Å². The number of carbonyl (C=O) groups is 1. The molecule has 126 valence electrons. The van der Waals surface area contributed by atoms with Gasteiger partial charge in [0.1, 0.15) is 17.8 Å². The Labute approximate surface area is 143 Å². The third-order valence-electron chi connectivity index (χ3n) is 4.64. The molecule has 24 heavy (non-hydrogen) atoms. The molecule has 0 unspecified atom stereocenters. The summed E-state index contributed by atoms with van der Waals surface area (Å²) in [6.07, 6.45) is 4.68. The molecule has 1 aromatic carbocycles. The molecular weight excluding hydrogens is 300 g/mol. The highest BCUT2D eigenvalue weighted by Gasteiger charge is 2.18. The van der Waals surface area contributed by atoms with Crippen molar-refractivity contribution in [2.24, 2.45) is 5.92 Å². The molecule has 1 amide bonds. The van der Waals surface area contributed by atoms with Crippen molar-refractivity contribution in [1.82, 2.24) is 9.97 Å². The topological polar surface area (TPSA) is 58.1 Å². The summed E-state index contributed by atoms with van der Waals surface area (Å²) in [7, 11) is 0. The fraction of sp³-hybridized carbons (Fsp3) is 0.421. The Kier molecular flexibility index (Phi) is 5.08. The largest absolute Gasteiger partial charge is 0.356 e. The molecule has 1 aromatic heterocycles. The van der Waals surface area contributed by atoms with E-state index in [4.69, 9.17) is 0 Å². The molecule has 3 rings (SSSR count). The van der Waals surface area contributed by atoms with Gasteiger partial charge in [-0.15, -0.1) is 0 Å². The molecule has 1 fully saturated rings. The molecule has 5 nitrogen and oxygen atoms in total. The average Bonchev–Trinajstić information content (AvgIpc) is 2.63. The van der Waals surface area contributed by atoms with Gasteiger partial charge in [0, 0.05) is 24.8 Å². The lowest BCUT2D eigenvalue weighted by atomic mass is 9.99. The van der Waals surface area contributed by atoms with Gasteiger partial charge in [0.2, 0.25) is 0 Å². The predicted octanol–water partition coefficient (Wildman–Crippen LogP) is 3.53. The van der Waals surface area contributed by atoms with Crippen LogP contribution in [0.3, 0.4) is 0 Å². The van der Waals surface area contributed by atoms with E-state index in [1.807, 2.05) is 24.3 Å². The van der Waals surface area contributed by atoms with E-state index in [2.05, 4.69) is 34.0 Å². The number of rotatable bonds is 4. The Morgan fingerprint density at radius 2 is 2.00 bits per heavy atom. The summed E-state index contributed by atoms with van der Waals surface area (Å²) in [4.78, 5) is 23.3. The molecule has 0 bridgehead atoms. The maximum Gasteiger partial charge on any atom is 0.274 e. The number of anilines is 2. The minimum atomic E-state index is -0.190. The molecule has 1 aliphatic rings. The summed E-state index contributed by atoms with van der Waals surface area (Å²) >= 11 is 0. The molecule has 2 heterocycles. The van der Waals surface area contributed by atoms with E-state index < -0.39 is 0 Å².